The van der Waals surface area contributed by atoms with E-state index in [4.69, 9.17) is 33.0 Å². The number of ether oxygens (including phenoxy) is 1. The van der Waals surface area contributed by atoms with Crippen LogP contribution in [0.3, 0.4) is 0 Å². The van der Waals surface area contributed by atoms with Gasteiger partial charge in [-0.3, -0.25) is 4.79 Å². The number of carbonyl (C=O) groups excluding carboxylic acids is 2. The Labute approximate surface area is 234 Å². The van der Waals surface area contributed by atoms with Crippen molar-refractivity contribution < 1.29 is 14.3 Å². The highest BCUT2D eigenvalue weighted by atomic mass is 35.5. The van der Waals surface area contributed by atoms with Crippen molar-refractivity contribution in [3.8, 4) is 11.4 Å². The Bertz CT molecular complexity index is 1270. The van der Waals surface area contributed by atoms with Gasteiger partial charge in [-0.25, -0.2) is 9.48 Å². The van der Waals surface area contributed by atoms with Crippen molar-refractivity contribution in [1.82, 2.24) is 14.7 Å². The van der Waals surface area contributed by atoms with Crippen LogP contribution in [0.15, 0.2) is 48.5 Å². The minimum atomic E-state index is -0.441. The maximum Gasteiger partial charge on any atom is 0.322 e. The molecule has 0 saturated carbocycles. The van der Waals surface area contributed by atoms with Crippen LogP contribution in [0.1, 0.15) is 46.7 Å². The van der Waals surface area contributed by atoms with Crippen LogP contribution in [0.5, 0.6) is 5.75 Å². The molecule has 0 aliphatic rings. The largest absolute Gasteiger partial charge is 0.497 e. The summed E-state index contributed by atoms with van der Waals surface area (Å²) in [6.07, 6.45) is 0.724. The van der Waals surface area contributed by atoms with Gasteiger partial charge >= 0.3 is 6.03 Å². The number of anilines is 2. The topological polar surface area (TPSA) is 88.5 Å². The first-order valence-corrected chi connectivity index (χ1v) is 13.2. The Morgan fingerprint density at radius 2 is 1.76 bits per heavy atom. The number of rotatable bonds is 9. The number of nitrogens with zero attached hydrogens (tertiary/aromatic N) is 3. The number of urea groups is 1. The zero-order valence-corrected chi connectivity index (χ0v) is 24.2. The summed E-state index contributed by atoms with van der Waals surface area (Å²) in [6.45, 7) is 10.5. The normalized spacial score (nSPS) is 11.4. The molecule has 3 rings (SSSR count). The molecule has 3 amide bonds. The van der Waals surface area contributed by atoms with Gasteiger partial charge in [-0.1, -0.05) is 63.9 Å². The smallest absolute Gasteiger partial charge is 0.322 e. The molecule has 2 aromatic carbocycles. The Kier molecular flexibility index (Phi) is 9.68. The number of carbonyl (C=O) groups is 2. The van der Waals surface area contributed by atoms with Crippen LogP contribution in [0, 0.1) is 5.92 Å². The lowest BCUT2D eigenvalue weighted by atomic mass is 9.92. The van der Waals surface area contributed by atoms with Gasteiger partial charge < -0.3 is 20.3 Å². The molecule has 10 heteroatoms. The van der Waals surface area contributed by atoms with Crippen LogP contribution < -0.4 is 15.4 Å². The molecule has 2 N–H and O–H groups in total. The Balaban J connectivity index is 1.83. The summed E-state index contributed by atoms with van der Waals surface area (Å²) in [6, 6.07) is 13.8. The highest BCUT2D eigenvalue weighted by molar-refractivity contribution is 6.43. The molecule has 0 spiro atoms. The fraction of sp³-hybridized carbons (Fsp3) is 0.393. The minimum Gasteiger partial charge on any atom is -0.497 e. The van der Waals surface area contributed by atoms with Crippen LogP contribution >= 0.6 is 23.2 Å². The predicted molar refractivity (Wildman–Crippen MR) is 154 cm³/mol. The van der Waals surface area contributed by atoms with Crippen molar-refractivity contribution >= 4 is 46.6 Å². The molecule has 38 heavy (non-hydrogen) atoms. The van der Waals surface area contributed by atoms with Crippen molar-refractivity contribution in [2.24, 2.45) is 5.92 Å². The fourth-order valence-corrected chi connectivity index (χ4v) is 3.92. The van der Waals surface area contributed by atoms with Gasteiger partial charge in [-0.15, -0.1) is 0 Å². The van der Waals surface area contributed by atoms with Crippen LogP contribution in [0.2, 0.25) is 10.0 Å². The minimum absolute atomic E-state index is 0.157. The van der Waals surface area contributed by atoms with E-state index in [-0.39, 0.29) is 22.9 Å². The summed E-state index contributed by atoms with van der Waals surface area (Å²) in [4.78, 5) is 27.9. The first kappa shape index (κ1) is 29.3. The average molecular weight is 561 g/mol. The zero-order valence-electron chi connectivity index (χ0n) is 22.6. The maximum atomic E-state index is 13.2. The summed E-state index contributed by atoms with van der Waals surface area (Å²) in [5.41, 5.74) is 1.72. The van der Waals surface area contributed by atoms with Crippen LogP contribution in [0.4, 0.5) is 16.3 Å². The monoisotopic (exact) mass is 559 g/mol. The molecule has 0 aliphatic heterocycles. The number of benzene rings is 2. The molecule has 0 atom stereocenters. The summed E-state index contributed by atoms with van der Waals surface area (Å²) in [7, 11) is 1.60. The number of halogens is 2. The van der Waals surface area contributed by atoms with Gasteiger partial charge in [0.1, 0.15) is 18.1 Å². The highest BCUT2D eigenvalue weighted by Crippen LogP contribution is 2.30. The Hall–Kier alpha value is -3.23. The second kappa shape index (κ2) is 12.5. The quantitative estimate of drug-likeness (QED) is 0.295. The van der Waals surface area contributed by atoms with Gasteiger partial charge in [-0.05, 0) is 48.7 Å². The molecular formula is C28H35Cl2N5O3. The number of hydrogen-bond donors (Lipinski definition) is 2. The van der Waals surface area contributed by atoms with E-state index in [1.165, 1.54) is 4.90 Å². The summed E-state index contributed by atoms with van der Waals surface area (Å²) in [5.74, 6) is 1.21. The molecule has 3 aromatic rings. The first-order valence-electron chi connectivity index (χ1n) is 12.4. The highest BCUT2D eigenvalue weighted by Gasteiger charge is 2.24. The van der Waals surface area contributed by atoms with Crippen molar-refractivity contribution in [3.05, 3.63) is 64.3 Å². The SMILES string of the molecule is COc1ccc(-n2nc(C(C)(C)C)cc2NC(=O)CN(CCC(C)C)C(=O)Nc2cccc(Cl)c2Cl)cc1. The third-order valence-electron chi connectivity index (χ3n) is 5.85. The molecular weight excluding hydrogens is 525 g/mol. The van der Waals surface area contributed by atoms with E-state index in [1.807, 2.05) is 30.3 Å². The third kappa shape index (κ3) is 7.65. The summed E-state index contributed by atoms with van der Waals surface area (Å²) >= 11 is 12.3. The van der Waals surface area contributed by atoms with Gasteiger partial charge in [0, 0.05) is 18.0 Å². The molecule has 0 bridgehead atoms. The predicted octanol–water partition coefficient (Wildman–Crippen LogP) is 7.00. The first-order chi connectivity index (χ1) is 17.9. The van der Waals surface area contributed by atoms with Crippen molar-refractivity contribution in [1.29, 1.82) is 0 Å². The summed E-state index contributed by atoms with van der Waals surface area (Å²) < 4.78 is 6.95. The molecule has 1 aromatic heterocycles. The molecule has 8 nitrogen and oxygen atoms in total. The summed E-state index contributed by atoms with van der Waals surface area (Å²) in [5, 5.41) is 11.1. The van der Waals surface area contributed by atoms with E-state index in [1.54, 1.807) is 30.0 Å². The second-order valence-corrected chi connectivity index (χ2v) is 11.2. The lowest BCUT2D eigenvalue weighted by Gasteiger charge is -2.24. The molecule has 0 fully saturated rings. The molecule has 0 saturated heterocycles. The molecule has 0 unspecified atom stereocenters. The molecule has 0 radical (unpaired) electrons. The lowest BCUT2D eigenvalue weighted by molar-refractivity contribution is -0.116. The Morgan fingerprint density at radius 3 is 2.37 bits per heavy atom. The van der Waals surface area contributed by atoms with E-state index in [0.29, 0.717) is 34.7 Å². The lowest BCUT2D eigenvalue weighted by Crippen LogP contribution is -2.41. The molecule has 1 heterocycles. The number of nitrogens with one attached hydrogen (secondary N) is 2. The van der Waals surface area contributed by atoms with Crippen LogP contribution in [0.25, 0.3) is 5.69 Å². The fourth-order valence-electron chi connectivity index (χ4n) is 3.57. The van der Waals surface area contributed by atoms with Crippen LogP contribution in [-0.2, 0) is 10.2 Å². The van der Waals surface area contributed by atoms with Gasteiger partial charge in [0.15, 0.2) is 0 Å². The zero-order chi connectivity index (χ0) is 28.0. The van der Waals surface area contributed by atoms with Crippen molar-refractivity contribution in [3.63, 3.8) is 0 Å². The van der Waals surface area contributed by atoms with E-state index in [2.05, 4.69) is 45.3 Å². The van der Waals surface area contributed by atoms with Gasteiger partial charge in [-0.2, -0.15) is 5.10 Å². The molecule has 0 aliphatic carbocycles. The third-order valence-corrected chi connectivity index (χ3v) is 6.67. The van der Waals surface area contributed by atoms with E-state index in [0.717, 1.165) is 17.8 Å². The number of amides is 3. The van der Waals surface area contributed by atoms with Gasteiger partial charge in [0.25, 0.3) is 0 Å². The number of aromatic nitrogens is 2. The van der Waals surface area contributed by atoms with E-state index >= 15 is 0 Å². The van der Waals surface area contributed by atoms with Gasteiger partial charge in [0.2, 0.25) is 5.91 Å². The van der Waals surface area contributed by atoms with Crippen LogP contribution in [-0.4, -0.2) is 46.8 Å². The van der Waals surface area contributed by atoms with Gasteiger partial charge in [0.05, 0.1) is 34.2 Å². The number of hydrogen-bond acceptors (Lipinski definition) is 4. The standard InChI is InChI=1S/C28H35Cl2N5O3/c1-18(2)14-15-34(27(37)31-22-9-7-8-21(29)26(22)30)17-25(36)32-24-16-23(28(3,4)5)33-35(24)19-10-12-20(38-6)13-11-19/h7-13,16,18H,14-15,17H2,1-6H3,(H,31,37)(H,32,36). The Morgan fingerprint density at radius 1 is 1.08 bits per heavy atom. The van der Waals surface area contributed by atoms with Crippen molar-refractivity contribution in [2.45, 2.75) is 46.5 Å². The van der Waals surface area contributed by atoms with E-state index < -0.39 is 6.03 Å². The van der Waals surface area contributed by atoms with E-state index in [9.17, 15) is 9.59 Å². The average Bonchev–Trinajstić information content (AvgIpc) is 3.28. The second-order valence-electron chi connectivity index (χ2n) is 10.5. The molecule has 204 valence electrons. The number of methoxy groups -OCH3 is 1. The maximum absolute atomic E-state index is 13.2. The van der Waals surface area contributed by atoms with Crippen molar-refractivity contribution in [2.75, 3.05) is 30.8 Å².